The molecule has 0 spiro atoms. The molecule has 118 valence electrons. The number of aromatic nitrogens is 4. The lowest BCUT2D eigenvalue weighted by molar-refractivity contribution is 0.0763. The van der Waals surface area contributed by atoms with Crippen LogP contribution in [0.4, 0.5) is 5.82 Å². The summed E-state index contributed by atoms with van der Waals surface area (Å²) < 4.78 is 1.79. The Kier molecular flexibility index (Phi) is 4.38. The van der Waals surface area contributed by atoms with Crippen LogP contribution in [0, 0.1) is 19.8 Å². The van der Waals surface area contributed by atoms with Crippen LogP contribution in [0.25, 0.3) is 5.82 Å². The van der Waals surface area contributed by atoms with Gasteiger partial charge in [-0.1, -0.05) is 12.8 Å². The molecule has 0 unspecified atom stereocenters. The van der Waals surface area contributed by atoms with Crippen LogP contribution >= 0.6 is 0 Å². The van der Waals surface area contributed by atoms with Crippen molar-refractivity contribution in [3.05, 3.63) is 29.6 Å². The number of hydrogen-bond acceptors (Lipinski definition) is 5. The standard InChI is InChI=1S/C16H23N5O/c1-11-9-12(2)21(20-11)16-8-7-15(18-19-16)17-10-13-5-3-4-6-14(13)22/h7-9,13-14,22H,3-6,10H2,1-2H3,(H,17,18)/t13-,14+/m0/s1. The van der Waals surface area contributed by atoms with Crippen LogP contribution in [0.5, 0.6) is 0 Å². The largest absolute Gasteiger partial charge is 0.393 e. The Morgan fingerprint density at radius 2 is 2.05 bits per heavy atom. The summed E-state index contributed by atoms with van der Waals surface area (Å²) in [6, 6.07) is 5.83. The minimum absolute atomic E-state index is 0.191. The molecule has 1 aliphatic rings. The second-order valence-electron chi connectivity index (χ2n) is 6.11. The highest BCUT2D eigenvalue weighted by Crippen LogP contribution is 2.24. The number of aryl methyl sites for hydroxylation is 2. The first kappa shape index (κ1) is 15.0. The summed E-state index contributed by atoms with van der Waals surface area (Å²) in [4.78, 5) is 0. The van der Waals surface area contributed by atoms with Gasteiger partial charge in [-0.25, -0.2) is 4.68 Å². The van der Waals surface area contributed by atoms with Gasteiger partial charge in [-0.15, -0.1) is 10.2 Å². The molecule has 1 saturated carbocycles. The third-order valence-corrected chi connectivity index (χ3v) is 4.29. The van der Waals surface area contributed by atoms with E-state index in [1.807, 2.05) is 32.0 Å². The fourth-order valence-electron chi connectivity index (χ4n) is 3.06. The molecule has 0 radical (unpaired) electrons. The minimum atomic E-state index is -0.191. The Hall–Kier alpha value is -1.95. The number of aliphatic hydroxyl groups is 1. The van der Waals surface area contributed by atoms with Crippen molar-refractivity contribution in [2.24, 2.45) is 5.92 Å². The maximum atomic E-state index is 9.98. The van der Waals surface area contributed by atoms with Crippen LogP contribution in [-0.4, -0.2) is 37.7 Å². The molecule has 0 saturated heterocycles. The van der Waals surface area contributed by atoms with Crippen molar-refractivity contribution in [3.63, 3.8) is 0 Å². The summed E-state index contributed by atoms with van der Waals surface area (Å²) in [6.45, 7) is 4.70. The van der Waals surface area contributed by atoms with Gasteiger partial charge < -0.3 is 10.4 Å². The molecule has 0 bridgehead atoms. The molecule has 2 N–H and O–H groups in total. The van der Waals surface area contributed by atoms with Crippen molar-refractivity contribution in [1.29, 1.82) is 0 Å². The highest BCUT2D eigenvalue weighted by atomic mass is 16.3. The zero-order valence-corrected chi connectivity index (χ0v) is 13.2. The molecule has 3 rings (SSSR count). The number of aliphatic hydroxyl groups excluding tert-OH is 1. The van der Waals surface area contributed by atoms with E-state index in [0.717, 1.165) is 43.0 Å². The zero-order valence-electron chi connectivity index (χ0n) is 13.2. The van der Waals surface area contributed by atoms with Crippen molar-refractivity contribution in [1.82, 2.24) is 20.0 Å². The van der Waals surface area contributed by atoms with Crippen LogP contribution in [-0.2, 0) is 0 Å². The molecule has 2 atom stereocenters. The van der Waals surface area contributed by atoms with Crippen LogP contribution in [0.15, 0.2) is 18.2 Å². The molecule has 0 aromatic carbocycles. The smallest absolute Gasteiger partial charge is 0.176 e. The Morgan fingerprint density at radius 1 is 1.23 bits per heavy atom. The van der Waals surface area contributed by atoms with Gasteiger partial charge >= 0.3 is 0 Å². The number of nitrogens with zero attached hydrogens (tertiary/aromatic N) is 4. The summed E-state index contributed by atoms with van der Waals surface area (Å²) in [6.07, 6.45) is 4.13. The lowest BCUT2D eigenvalue weighted by Crippen LogP contribution is -2.30. The maximum Gasteiger partial charge on any atom is 0.176 e. The quantitative estimate of drug-likeness (QED) is 0.906. The van der Waals surface area contributed by atoms with E-state index >= 15 is 0 Å². The van der Waals surface area contributed by atoms with E-state index in [0.29, 0.717) is 11.7 Å². The van der Waals surface area contributed by atoms with Gasteiger partial charge in [-0.05, 0) is 44.9 Å². The molecule has 1 aliphatic carbocycles. The summed E-state index contributed by atoms with van der Waals surface area (Å²) in [7, 11) is 0. The van der Waals surface area contributed by atoms with Gasteiger partial charge in [0, 0.05) is 18.2 Å². The molecule has 1 fully saturated rings. The van der Waals surface area contributed by atoms with Crippen LogP contribution in [0.1, 0.15) is 37.1 Å². The van der Waals surface area contributed by atoms with Crippen molar-refractivity contribution in [3.8, 4) is 5.82 Å². The van der Waals surface area contributed by atoms with Gasteiger partial charge in [0.1, 0.15) is 5.82 Å². The van der Waals surface area contributed by atoms with Crippen molar-refractivity contribution in [2.75, 3.05) is 11.9 Å². The summed E-state index contributed by atoms with van der Waals surface area (Å²) in [5, 5.41) is 26.1. The lowest BCUT2D eigenvalue weighted by Gasteiger charge is -2.27. The minimum Gasteiger partial charge on any atom is -0.393 e. The van der Waals surface area contributed by atoms with E-state index < -0.39 is 0 Å². The first-order valence-electron chi connectivity index (χ1n) is 7.93. The molecular formula is C16H23N5O. The summed E-state index contributed by atoms with van der Waals surface area (Å²) in [5.41, 5.74) is 2.01. The Labute approximate surface area is 130 Å². The van der Waals surface area contributed by atoms with E-state index in [1.54, 1.807) is 4.68 Å². The fourth-order valence-corrected chi connectivity index (χ4v) is 3.06. The van der Waals surface area contributed by atoms with Gasteiger partial charge in [0.2, 0.25) is 0 Å². The van der Waals surface area contributed by atoms with Crippen LogP contribution in [0.2, 0.25) is 0 Å². The Bertz CT molecular complexity index is 622. The van der Waals surface area contributed by atoms with Gasteiger partial charge in [0.05, 0.1) is 11.8 Å². The monoisotopic (exact) mass is 301 g/mol. The third kappa shape index (κ3) is 3.27. The summed E-state index contributed by atoms with van der Waals surface area (Å²) in [5.74, 6) is 1.77. The van der Waals surface area contributed by atoms with Crippen molar-refractivity contribution < 1.29 is 5.11 Å². The predicted octanol–water partition coefficient (Wildman–Crippen LogP) is 2.24. The summed E-state index contributed by atoms with van der Waals surface area (Å²) >= 11 is 0. The molecule has 6 nitrogen and oxygen atoms in total. The normalized spacial score (nSPS) is 21.8. The molecule has 0 aliphatic heterocycles. The van der Waals surface area contributed by atoms with Crippen molar-refractivity contribution in [2.45, 2.75) is 45.6 Å². The van der Waals surface area contributed by atoms with E-state index in [1.165, 1.54) is 6.42 Å². The van der Waals surface area contributed by atoms with Gasteiger partial charge in [0.15, 0.2) is 5.82 Å². The van der Waals surface area contributed by atoms with E-state index in [2.05, 4.69) is 20.6 Å². The molecule has 6 heteroatoms. The number of rotatable bonds is 4. The molecule has 22 heavy (non-hydrogen) atoms. The maximum absolute atomic E-state index is 9.98. The first-order valence-corrected chi connectivity index (χ1v) is 7.93. The number of hydrogen-bond donors (Lipinski definition) is 2. The van der Waals surface area contributed by atoms with E-state index in [-0.39, 0.29) is 6.10 Å². The highest BCUT2D eigenvalue weighted by molar-refractivity contribution is 5.37. The second-order valence-corrected chi connectivity index (χ2v) is 6.11. The lowest BCUT2D eigenvalue weighted by atomic mass is 9.86. The Morgan fingerprint density at radius 3 is 2.68 bits per heavy atom. The topological polar surface area (TPSA) is 75.9 Å². The van der Waals surface area contributed by atoms with Gasteiger partial charge in [-0.2, -0.15) is 5.10 Å². The molecule has 2 aromatic heterocycles. The Balaban J connectivity index is 1.63. The van der Waals surface area contributed by atoms with E-state index in [9.17, 15) is 5.11 Å². The average molecular weight is 301 g/mol. The van der Waals surface area contributed by atoms with Gasteiger partial charge in [0.25, 0.3) is 0 Å². The second kappa shape index (κ2) is 6.44. The first-order chi connectivity index (χ1) is 10.6. The van der Waals surface area contributed by atoms with Gasteiger partial charge in [-0.3, -0.25) is 0 Å². The number of nitrogens with one attached hydrogen (secondary N) is 1. The van der Waals surface area contributed by atoms with Crippen LogP contribution < -0.4 is 5.32 Å². The molecular weight excluding hydrogens is 278 g/mol. The van der Waals surface area contributed by atoms with Crippen molar-refractivity contribution >= 4 is 5.82 Å². The SMILES string of the molecule is Cc1cc(C)n(-c2ccc(NC[C@@H]3CCCC[C@H]3O)nn2)n1. The van der Waals surface area contributed by atoms with Crippen LogP contribution in [0.3, 0.4) is 0 Å². The molecule has 2 aromatic rings. The van der Waals surface area contributed by atoms with E-state index in [4.69, 9.17) is 0 Å². The predicted molar refractivity (Wildman–Crippen MR) is 85.1 cm³/mol. The third-order valence-electron chi connectivity index (χ3n) is 4.29. The number of anilines is 1. The molecule has 2 heterocycles. The zero-order chi connectivity index (χ0) is 15.5. The average Bonchev–Trinajstić information content (AvgIpc) is 2.86. The fraction of sp³-hybridized carbons (Fsp3) is 0.562. The highest BCUT2D eigenvalue weighted by Gasteiger charge is 2.22. The molecule has 0 amide bonds.